The van der Waals surface area contributed by atoms with Crippen molar-refractivity contribution >= 4 is 57.7 Å². The van der Waals surface area contributed by atoms with E-state index in [2.05, 4.69) is 17.5 Å². The second kappa shape index (κ2) is 49.0. The predicted molar refractivity (Wildman–Crippen MR) is 197 cm³/mol. The predicted octanol–water partition coefficient (Wildman–Crippen LogP) is 8.89. The van der Waals surface area contributed by atoms with Crippen molar-refractivity contribution in [1.29, 1.82) is 0 Å². The summed E-state index contributed by atoms with van der Waals surface area (Å²) in [5.41, 5.74) is 0. The van der Waals surface area contributed by atoms with Gasteiger partial charge in [0.05, 0.1) is 0 Å². The third-order valence-corrected chi connectivity index (χ3v) is 9.02. The van der Waals surface area contributed by atoms with Gasteiger partial charge in [0.25, 0.3) is 0 Å². The van der Waals surface area contributed by atoms with Crippen LogP contribution in [0.25, 0.3) is 0 Å². The Hall–Kier alpha value is -0.114. The standard InChI is InChI=1S/2C18H36O2.Mg.H2O5S2/c2*1-2-3-4-5-6-7-8-9-10-11-12-13-14-15-16-17-18(19)20;;1-6(2)5-7(3)4/h2*2-17H2,1H3,(H,19,20);;(H,1,2)(H,3,4)/q;;+2;/p-2. The van der Waals surface area contributed by atoms with Gasteiger partial charge in [0.1, 0.15) is 0 Å². The molecule has 0 bridgehead atoms. The van der Waals surface area contributed by atoms with Gasteiger partial charge in [-0.2, -0.15) is 8.42 Å². The van der Waals surface area contributed by atoms with E-state index < -0.39 is 34.7 Å². The summed E-state index contributed by atoms with van der Waals surface area (Å²) in [5, 5.41) is 20.4. The molecule has 0 amide bonds. The van der Waals surface area contributed by atoms with Crippen molar-refractivity contribution in [2.75, 3.05) is 0 Å². The minimum Gasteiger partial charge on any atom is -0.550 e. The molecule has 2 N–H and O–H groups in total. The Morgan fingerprint density at radius 3 is 0.708 bits per heavy atom. The SMILES string of the molecule is CCCCCCCCCCCCCCCCCC(=O)[O-].CCCCCCCCCCCCCCCCCC(=O)[O-].O=S(O)OS(=O)O.[Mg+2]. The summed E-state index contributed by atoms with van der Waals surface area (Å²) >= 11 is -5.29. The Bertz CT molecular complexity index is 644. The number of aliphatic carboxylic acids is 2. The molecule has 0 aliphatic carbocycles. The zero-order chi connectivity index (χ0) is 35.6. The Morgan fingerprint density at radius 1 is 0.417 bits per heavy atom. The minimum atomic E-state index is -2.65. The van der Waals surface area contributed by atoms with Crippen LogP contribution in [0, 0.1) is 0 Å². The van der Waals surface area contributed by atoms with Crippen molar-refractivity contribution in [2.45, 2.75) is 219 Å². The molecule has 0 heterocycles. The number of carboxylic acid groups (broad SMARTS) is 2. The van der Waals surface area contributed by atoms with E-state index in [4.69, 9.17) is 9.11 Å². The molecule has 284 valence electrons. The normalized spacial score (nSPS) is 11.8. The summed E-state index contributed by atoms with van der Waals surface area (Å²) < 4.78 is 37.2. The van der Waals surface area contributed by atoms with Crippen molar-refractivity contribution in [1.82, 2.24) is 0 Å². The van der Waals surface area contributed by atoms with Gasteiger partial charge in [-0.1, -0.05) is 194 Å². The van der Waals surface area contributed by atoms with Crippen LogP contribution in [0.1, 0.15) is 219 Å². The average molecular weight is 737 g/mol. The Morgan fingerprint density at radius 2 is 0.583 bits per heavy atom. The second-order valence-electron chi connectivity index (χ2n) is 12.6. The Labute approximate surface area is 316 Å². The maximum atomic E-state index is 10.2. The third-order valence-electron chi connectivity index (χ3n) is 8.09. The number of hydrogen-bond acceptors (Lipinski definition) is 7. The van der Waals surface area contributed by atoms with E-state index in [1.54, 1.807) is 0 Å². The van der Waals surface area contributed by atoms with Crippen LogP contribution in [0.3, 0.4) is 0 Å². The molecule has 12 heteroatoms. The van der Waals surface area contributed by atoms with E-state index in [0.29, 0.717) is 0 Å². The first-order valence-corrected chi connectivity index (χ1v) is 21.0. The molecule has 0 spiro atoms. The zero-order valence-corrected chi connectivity index (χ0v) is 34.0. The maximum absolute atomic E-state index is 10.2. The van der Waals surface area contributed by atoms with Crippen LogP contribution in [-0.4, -0.2) is 52.5 Å². The summed E-state index contributed by atoms with van der Waals surface area (Å²) in [6.07, 6.45) is 39.7. The molecule has 9 nitrogen and oxygen atoms in total. The first-order valence-electron chi connectivity index (χ1n) is 19.0. The quantitative estimate of drug-likeness (QED) is 0.0373. The molecule has 0 aromatic rings. The fourth-order valence-electron chi connectivity index (χ4n) is 5.33. The van der Waals surface area contributed by atoms with Crippen LogP contribution in [0.5, 0.6) is 0 Å². The van der Waals surface area contributed by atoms with E-state index in [0.717, 1.165) is 25.7 Å². The molecule has 0 saturated carbocycles. The van der Waals surface area contributed by atoms with Gasteiger partial charge in [0.15, 0.2) is 0 Å². The minimum absolute atomic E-state index is 0. The fraction of sp³-hybridized carbons (Fsp3) is 0.944. The van der Waals surface area contributed by atoms with Gasteiger partial charge in [-0.3, -0.25) is 9.11 Å². The summed E-state index contributed by atoms with van der Waals surface area (Å²) in [4.78, 5) is 20.4. The van der Waals surface area contributed by atoms with Crippen LogP contribution in [0.4, 0.5) is 0 Å². The van der Waals surface area contributed by atoms with Gasteiger partial charge in [0, 0.05) is 11.9 Å². The zero-order valence-electron chi connectivity index (χ0n) is 30.9. The van der Waals surface area contributed by atoms with Crippen molar-refractivity contribution in [3.05, 3.63) is 0 Å². The smallest absolute Gasteiger partial charge is 0.550 e. The van der Waals surface area contributed by atoms with Crippen molar-refractivity contribution in [3.63, 3.8) is 0 Å². The number of rotatable bonds is 34. The number of carboxylic acids is 2. The molecule has 0 aromatic heterocycles. The first-order chi connectivity index (χ1) is 22.7. The van der Waals surface area contributed by atoms with Gasteiger partial charge in [-0.25, -0.2) is 0 Å². The summed E-state index contributed by atoms with van der Waals surface area (Å²) in [5.74, 6) is -1.81. The van der Waals surface area contributed by atoms with E-state index in [1.165, 1.54) is 167 Å². The van der Waals surface area contributed by atoms with Crippen LogP contribution in [0.2, 0.25) is 0 Å². The van der Waals surface area contributed by atoms with E-state index in [9.17, 15) is 28.2 Å². The van der Waals surface area contributed by atoms with E-state index in [-0.39, 0.29) is 35.9 Å². The van der Waals surface area contributed by atoms with Crippen LogP contribution in [-0.2, 0) is 35.9 Å². The van der Waals surface area contributed by atoms with Crippen molar-refractivity contribution in [3.8, 4) is 0 Å². The van der Waals surface area contributed by atoms with Crippen molar-refractivity contribution < 1.29 is 41.0 Å². The summed E-state index contributed by atoms with van der Waals surface area (Å²) in [6, 6.07) is 0. The molecule has 0 aliphatic heterocycles. The summed E-state index contributed by atoms with van der Waals surface area (Å²) in [6.45, 7) is 4.53. The second-order valence-corrected chi connectivity index (χ2v) is 14.1. The summed E-state index contributed by atoms with van der Waals surface area (Å²) in [7, 11) is 0. The van der Waals surface area contributed by atoms with Gasteiger partial charge < -0.3 is 19.8 Å². The molecular formula is C36H72MgO9S2. The molecule has 0 fully saturated rings. The largest absolute Gasteiger partial charge is 2.00 e. The van der Waals surface area contributed by atoms with Gasteiger partial charge >= 0.3 is 45.8 Å². The van der Waals surface area contributed by atoms with Crippen LogP contribution in [0.15, 0.2) is 0 Å². The molecule has 0 unspecified atom stereocenters. The molecule has 48 heavy (non-hydrogen) atoms. The molecule has 0 aliphatic rings. The first kappa shape index (κ1) is 54.7. The number of carbonyl (C=O) groups excluding carboxylic acids is 2. The molecule has 0 aromatic carbocycles. The van der Waals surface area contributed by atoms with Gasteiger partial charge in [0.2, 0.25) is 0 Å². The Balaban J connectivity index is -0.000000331. The molecule has 0 radical (unpaired) electrons. The maximum Gasteiger partial charge on any atom is 2.00 e. The number of unbranched alkanes of at least 4 members (excludes halogenated alkanes) is 28. The van der Waals surface area contributed by atoms with Crippen LogP contribution < -0.4 is 10.2 Å². The number of hydrogen-bond donors (Lipinski definition) is 2. The topological polar surface area (TPSA) is 164 Å². The van der Waals surface area contributed by atoms with Gasteiger partial charge in [-0.05, 0) is 25.7 Å². The molecular weight excluding hydrogens is 665 g/mol. The number of carbonyl (C=O) groups is 2. The van der Waals surface area contributed by atoms with E-state index in [1.807, 2.05) is 0 Å². The van der Waals surface area contributed by atoms with Crippen LogP contribution >= 0.6 is 0 Å². The molecule has 0 atom stereocenters. The third kappa shape index (κ3) is 64.4. The molecule has 0 rings (SSSR count). The van der Waals surface area contributed by atoms with Gasteiger partial charge in [-0.15, -0.1) is 3.63 Å². The average Bonchev–Trinajstić information content (AvgIpc) is 3.00. The van der Waals surface area contributed by atoms with E-state index >= 15 is 0 Å². The van der Waals surface area contributed by atoms with Crippen molar-refractivity contribution in [2.24, 2.45) is 0 Å². The fourth-order valence-corrected chi connectivity index (χ4v) is 5.73. The molecule has 0 saturated heterocycles. The Kier molecular flexibility index (Phi) is 55.8. The monoisotopic (exact) mass is 736 g/mol.